The Labute approximate surface area is 125 Å². The molecule has 2 rings (SSSR count). The van der Waals surface area contributed by atoms with Gasteiger partial charge in [0.1, 0.15) is 6.04 Å². The van der Waals surface area contributed by atoms with E-state index in [2.05, 4.69) is 0 Å². The van der Waals surface area contributed by atoms with Crippen LogP contribution in [-0.2, 0) is 4.79 Å². The largest absolute Gasteiger partial charge is 0.480 e. The van der Waals surface area contributed by atoms with Crippen LogP contribution < -0.4 is 0 Å². The van der Waals surface area contributed by atoms with Gasteiger partial charge in [-0.25, -0.2) is 0 Å². The van der Waals surface area contributed by atoms with Gasteiger partial charge in [-0.15, -0.1) is 0 Å². The number of hydrogen-bond acceptors (Lipinski definition) is 2. The van der Waals surface area contributed by atoms with E-state index in [1.165, 1.54) is 0 Å². The van der Waals surface area contributed by atoms with Crippen LogP contribution in [0.1, 0.15) is 30.5 Å². The van der Waals surface area contributed by atoms with Gasteiger partial charge in [-0.2, -0.15) is 0 Å². The smallest absolute Gasteiger partial charge is 0.320 e. The molecule has 0 saturated heterocycles. The summed E-state index contributed by atoms with van der Waals surface area (Å²) in [5.41, 5.74) is 2.21. The Hall–Kier alpha value is -2.13. The second-order valence-corrected chi connectivity index (χ2v) is 5.15. The van der Waals surface area contributed by atoms with E-state index >= 15 is 0 Å². The lowest BCUT2D eigenvalue weighted by atomic mass is 9.95. The molecule has 0 aliphatic carbocycles. The monoisotopic (exact) mass is 283 g/mol. The van der Waals surface area contributed by atoms with Crippen LogP contribution in [0.4, 0.5) is 0 Å². The maximum Gasteiger partial charge on any atom is 0.320 e. The molecule has 3 nitrogen and oxygen atoms in total. The highest BCUT2D eigenvalue weighted by molar-refractivity contribution is 5.73. The van der Waals surface area contributed by atoms with Crippen LogP contribution in [0.2, 0.25) is 0 Å². The zero-order valence-corrected chi connectivity index (χ0v) is 12.4. The third-order valence-electron chi connectivity index (χ3n) is 3.80. The molecule has 0 aromatic heterocycles. The van der Waals surface area contributed by atoms with Crippen LogP contribution in [0.15, 0.2) is 60.7 Å². The normalized spacial score (nSPS) is 12.6. The van der Waals surface area contributed by atoms with Crippen molar-refractivity contribution in [2.24, 2.45) is 0 Å². The molecule has 0 radical (unpaired) electrons. The van der Waals surface area contributed by atoms with Crippen LogP contribution in [0.3, 0.4) is 0 Å². The van der Waals surface area contributed by atoms with Crippen molar-refractivity contribution >= 4 is 5.97 Å². The maximum absolute atomic E-state index is 11.5. The number of carboxylic acids is 1. The molecule has 110 valence electrons. The molecule has 0 amide bonds. The quantitative estimate of drug-likeness (QED) is 0.881. The minimum atomic E-state index is -0.781. The molecule has 2 aromatic rings. The summed E-state index contributed by atoms with van der Waals surface area (Å²) in [6.45, 7) is 1.91. The first-order valence-corrected chi connectivity index (χ1v) is 7.19. The summed E-state index contributed by atoms with van der Waals surface area (Å²) >= 11 is 0. The minimum absolute atomic E-state index is 0.0616. The topological polar surface area (TPSA) is 40.5 Å². The number of carboxylic acid groups (broad SMARTS) is 1. The lowest BCUT2D eigenvalue weighted by Crippen LogP contribution is -2.40. The van der Waals surface area contributed by atoms with Gasteiger partial charge in [0.15, 0.2) is 0 Å². The second kappa shape index (κ2) is 7.04. The summed E-state index contributed by atoms with van der Waals surface area (Å²) in [5.74, 6) is -0.781. The van der Waals surface area contributed by atoms with Crippen molar-refractivity contribution in [3.8, 4) is 0 Å². The van der Waals surface area contributed by atoms with Gasteiger partial charge in [-0.3, -0.25) is 9.69 Å². The predicted octanol–water partition coefficient (Wildman–Crippen LogP) is 3.57. The highest BCUT2D eigenvalue weighted by Crippen LogP contribution is 2.29. The van der Waals surface area contributed by atoms with Crippen LogP contribution in [0, 0.1) is 0 Å². The van der Waals surface area contributed by atoms with Gasteiger partial charge >= 0.3 is 5.97 Å². The highest BCUT2D eigenvalue weighted by Gasteiger charge is 2.28. The fourth-order valence-corrected chi connectivity index (χ4v) is 2.75. The summed E-state index contributed by atoms with van der Waals surface area (Å²) < 4.78 is 0. The molecule has 1 unspecified atom stereocenters. The first-order chi connectivity index (χ1) is 10.1. The lowest BCUT2D eigenvalue weighted by Gasteiger charge is -2.33. The van der Waals surface area contributed by atoms with E-state index in [9.17, 15) is 9.90 Å². The van der Waals surface area contributed by atoms with Crippen LogP contribution in [0.5, 0.6) is 0 Å². The Kier molecular flexibility index (Phi) is 5.12. The van der Waals surface area contributed by atoms with Crippen molar-refractivity contribution in [2.75, 3.05) is 7.05 Å². The molecule has 0 heterocycles. The number of aliphatic carboxylic acids is 1. The molecule has 3 heteroatoms. The molecule has 1 atom stereocenters. The maximum atomic E-state index is 11.5. The van der Waals surface area contributed by atoms with Crippen LogP contribution in [-0.4, -0.2) is 29.1 Å². The molecule has 0 saturated carbocycles. The third-order valence-corrected chi connectivity index (χ3v) is 3.80. The zero-order valence-electron chi connectivity index (χ0n) is 12.4. The fourth-order valence-electron chi connectivity index (χ4n) is 2.75. The van der Waals surface area contributed by atoms with Crippen molar-refractivity contribution in [2.45, 2.75) is 25.4 Å². The number of benzene rings is 2. The van der Waals surface area contributed by atoms with Gasteiger partial charge in [0.25, 0.3) is 0 Å². The van der Waals surface area contributed by atoms with E-state index in [4.69, 9.17) is 0 Å². The average Bonchev–Trinajstić information content (AvgIpc) is 2.50. The van der Waals surface area contributed by atoms with E-state index in [-0.39, 0.29) is 6.04 Å². The van der Waals surface area contributed by atoms with E-state index in [1.807, 2.05) is 79.5 Å². The van der Waals surface area contributed by atoms with E-state index in [0.29, 0.717) is 6.42 Å². The Balaban J connectivity index is 2.44. The standard InChI is InChI=1S/C18H21NO2/c1-3-16(18(20)21)19(2)17(14-10-6-4-7-11-14)15-12-8-5-9-13-15/h4-13,16-17H,3H2,1-2H3,(H,20,21). The number of rotatable bonds is 6. The molecule has 1 N–H and O–H groups in total. The molecule has 0 spiro atoms. The fraction of sp³-hybridized carbons (Fsp3) is 0.278. The lowest BCUT2D eigenvalue weighted by molar-refractivity contribution is -0.143. The molecule has 0 aliphatic rings. The van der Waals surface area contributed by atoms with Gasteiger partial charge in [0.2, 0.25) is 0 Å². The molecule has 21 heavy (non-hydrogen) atoms. The van der Waals surface area contributed by atoms with Crippen LogP contribution >= 0.6 is 0 Å². The number of carbonyl (C=O) groups is 1. The van der Waals surface area contributed by atoms with Gasteiger partial charge in [0, 0.05) is 0 Å². The van der Waals surface area contributed by atoms with Crippen molar-refractivity contribution in [1.82, 2.24) is 4.90 Å². The van der Waals surface area contributed by atoms with Crippen molar-refractivity contribution in [3.05, 3.63) is 71.8 Å². The SMILES string of the molecule is CCC(C(=O)O)N(C)C(c1ccccc1)c1ccccc1. The highest BCUT2D eigenvalue weighted by atomic mass is 16.4. The average molecular weight is 283 g/mol. The van der Waals surface area contributed by atoms with E-state index < -0.39 is 12.0 Å². The molecule has 2 aromatic carbocycles. The summed E-state index contributed by atoms with van der Waals surface area (Å²) in [4.78, 5) is 13.4. The Morgan fingerprint density at radius 2 is 1.43 bits per heavy atom. The zero-order chi connectivity index (χ0) is 15.2. The number of hydrogen-bond donors (Lipinski definition) is 1. The van der Waals surface area contributed by atoms with Crippen LogP contribution in [0.25, 0.3) is 0 Å². The minimum Gasteiger partial charge on any atom is -0.480 e. The van der Waals surface area contributed by atoms with Gasteiger partial charge in [-0.05, 0) is 24.6 Å². The second-order valence-electron chi connectivity index (χ2n) is 5.15. The van der Waals surface area contributed by atoms with Gasteiger partial charge in [0.05, 0.1) is 6.04 Å². The first kappa shape index (κ1) is 15.3. The molecule has 0 bridgehead atoms. The molecule has 0 fully saturated rings. The van der Waals surface area contributed by atoms with Gasteiger partial charge < -0.3 is 5.11 Å². The Bertz CT molecular complexity index is 529. The van der Waals surface area contributed by atoms with Crippen molar-refractivity contribution in [1.29, 1.82) is 0 Å². The molecular formula is C18H21NO2. The summed E-state index contributed by atoms with van der Waals surface area (Å²) in [7, 11) is 1.88. The van der Waals surface area contributed by atoms with E-state index in [0.717, 1.165) is 11.1 Å². The number of nitrogens with zero attached hydrogens (tertiary/aromatic N) is 1. The Morgan fingerprint density at radius 3 is 1.76 bits per heavy atom. The number of likely N-dealkylation sites (N-methyl/N-ethyl adjacent to an activating group) is 1. The summed E-state index contributed by atoms with van der Waals surface area (Å²) in [6.07, 6.45) is 0.571. The molecule has 0 aliphatic heterocycles. The summed E-state index contributed by atoms with van der Waals surface area (Å²) in [6, 6.07) is 19.5. The predicted molar refractivity (Wildman–Crippen MR) is 84.2 cm³/mol. The van der Waals surface area contributed by atoms with Gasteiger partial charge in [-0.1, -0.05) is 67.6 Å². The molecular weight excluding hydrogens is 262 g/mol. The first-order valence-electron chi connectivity index (χ1n) is 7.19. The van der Waals surface area contributed by atoms with Crippen molar-refractivity contribution in [3.63, 3.8) is 0 Å². The Morgan fingerprint density at radius 1 is 1.00 bits per heavy atom. The summed E-state index contributed by atoms with van der Waals surface area (Å²) in [5, 5.41) is 9.44. The third kappa shape index (κ3) is 3.50. The van der Waals surface area contributed by atoms with Crippen molar-refractivity contribution < 1.29 is 9.90 Å². The van der Waals surface area contributed by atoms with E-state index in [1.54, 1.807) is 0 Å².